The molecule has 6 rings (SSSR count). The molecule has 0 aliphatic rings. The van der Waals surface area contributed by atoms with Crippen molar-refractivity contribution in [1.82, 2.24) is 8.75 Å². The van der Waals surface area contributed by atoms with Gasteiger partial charge in [-0.05, 0) is 59.7 Å². The van der Waals surface area contributed by atoms with E-state index in [2.05, 4.69) is 8.75 Å². The topological polar surface area (TPSA) is 25.8 Å². The molecule has 9 heteroatoms. The Kier molecular flexibility index (Phi) is 5.47. The zero-order valence-electron chi connectivity index (χ0n) is 17.6. The number of halogens is 4. The van der Waals surface area contributed by atoms with Crippen molar-refractivity contribution < 1.29 is 17.6 Å². The molecule has 3 heterocycles. The summed E-state index contributed by atoms with van der Waals surface area (Å²) in [6.45, 7) is 0. The van der Waals surface area contributed by atoms with Crippen molar-refractivity contribution in [1.29, 1.82) is 0 Å². The fourth-order valence-corrected chi connectivity index (χ4v) is 6.54. The second-order valence-corrected chi connectivity index (χ2v) is 10.5. The van der Waals surface area contributed by atoms with Crippen molar-refractivity contribution in [2.45, 2.75) is 0 Å². The van der Waals surface area contributed by atoms with Crippen LogP contribution in [0.5, 0.6) is 0 Å². The average molecular weight is 525 g/mol. The van der Waals surface area contributed by atoms with Crippen LogP contribution >= 0.6 is 34.4 Å². The van der Waals surface area contributed by atoms with Crippen LogP contribution in [0.1, 0.15) is 0 Å². The Morgan fingerprint density at radius 1 is 0.457 bits per heavy atom. The number of hydrogen-bond donors (Lipinski definition) is 0. The molecule has 3 aromatic heterocycles. The van der Waals surface area contributed by atoms with Crippen LogP contribution in [0.3, 0.4) is 0 Å². The molecule has 0 saturated heterocycles. The maximum atomic E-state index is 13.7. The summed E-state index contributed by atoms with van der Waals surface area (Å²) >= 11 is 3.93. The summed E-state index contributed by atoms with van der Waals surface area (Å²) in [5.74, 6) is -2.49. The average Bonchev–Trinajstić information content (AvgIpc) is 3.58. The molecule has 3 aromatic carbocycles. The molecule has 0 aliphatic heterocycles. The van der Waals surface area contributed by atoms with E-state index < -0.39 is 23.3 Å². The van der Waals surface area contributed by atoms with Gasteiger partial charge >= 0.3 is 0 Å². The molecule has 0 atom stereocenters. The molecule has 6 aromatic rings. The van der Waals surface area contributed by atoms with Gasteiger partial charge in [-0.15, -0.1) is 22.7 Å². The van der Waals surface area contributed by atoms with Crippen LogP contribution in [-0.2, 0) is 0 Å². The first kappa shape index (κ1) is 22.1. The van der Waals surface area contributed by atoms with Gasteiger partial charge in [-0.25, -0.2) is 17.6 Å². The van der Waals surface area contributed by atoms with Crippen LogP contribution in [0, 0.1) is 23.3 Å². The zero-order valence-corrected chi connectivity index (χ0v) is 20.0. The van der Waals surface area contributed by atoms with E-state index in [1.54, 1.807) is 0 Å². The van der Waals surface area contributed by atoms with Gasteiger partial charge in [-0.2, -0.15) is 8.75 Å². The van der Waals surface area contributed by atoms with Crippen LogP contribution in [0.4, 0.5) is 17.6 Å². The molecule has 172 valence electrons. The van der Waals surface area contributed by atoms with Crippen LogP contribution in [0.2, 0.25) is 0 Å². The van der Waals surface area contributed by atoms with Crippen molar-refractivity contribution in [3.05, 3.63) is 96.1 Å². The molecule has 0 unspecified atom stereocenters. The van der Waals surface area contributed by atoms with Gasteiger partial charge in [0.25, 0.3) is 0 Å². The summed E-state index contributed by atoms with van der Waals surface area (Å²) in [4.78, 5) is 3.28. The lowest BCUT2D eigenvalue weighted by Crippen LogP contribution is -1.82. The van der Waals surface area contributed by atoms with Gasteiger partial charge in [-0.1, -0.05) is 12.1 Å². The molecular weight excluding hydrogens is 512 g/mol. The molecule has 0 spiro atoms. The van der Waals surface area contributed by atoms with Crippen molar-refractivity contribution >= 4 is 45.4 Å². The monoisotopic (exact) mass is 524 g/mol. The summed E-state index contributed by atoms with van der Waals surface area (Å²) < 4.78 is 63.7. The number of benzene rings is 3. The number of rotatable bonds is 4. The highest BCUT2D eigenvalue weighted by molar-refractivity contribution is 7.19. The number of hydrogen-bond acceptors (Lipinski definition) is 5. The molecular formula is C26H12F4N2S3. The Morgan fingerprint density at radius 2 is 0.829 bits per heavy atom. The van der Waals surface area contributed by atoms with Gasteiger partial charge in [0.1, 0.15) is 34.3 Å². The van der Waals surface area contributed by atoms with E-state index in [1.807, 2.05) is 36.4 Å². The second-order valence-electron chi connectivity index (χ2n) is 7.77. The van der Waals surface area contributed by atoms with Crippen LogP contribution in [0.25, 0.3) is 52.8 Å². The van der Waals surface area contributed by atoms with E-state index in [4.69, 9.17) is 0 Å². The molecule has 0 N–H and O–H groups in total. The number of nitrogens with zero attached hydrogens (tertiary/aromatic N) is 2. The van der Waals surface area contributed by atoms with E-state index in [0.717, 1.165) is 65.5 Å². The Bertz CT molecular complexity index is 1550. The quantitative estimate of drug-likeness (QED) is 0.215. The van der Waals surface area contributed by atoms with E-state index in [1.165, 1.54) is 46.9 Å². The number of aromatic nitrogens is 2. The summed E-state index contributed by atoms with van der Waals surface area (Å²) in [6, 6.07) is 18.3. The minimum absolute atomic E-state index is 0.475. The Labute approximate surface area is 209 Å². The van der Waals surface area contributed by atoms with Crippen molar-refractivity contribution in [2.24, 2.45) is 0 Å². The standard InChI is InChI=1S/C26H12F4N2S3/c27-15-7-13(8-16(28)11-15)21-3-5-23(33-21)19-1-2-20(26-25(19)31-35-32-26)24-6-4-22(34-24)14-9-17(29)12-18(30)10-14/h1-12H. The zero-order chi connectivity index (χ0) is 24.1. The Balaban J connectivity index is 1.39. The van der Waals surface area contributed by atoms with Gasteiger partial charge in [0.05, 0.1) is 11.7 Å². The molecule has 0 fully saturated rings. The molecule has 0 radical (unpaired) electrons. The number of thiophene rings is 2. The third-order valence-corrected chi connectivity index (χ3v) is 8.32. The first-order valence-corrected chi connectivity index (χ1v) is 12.7. The number of fused-ring (bicyclic) bond motifs is 1. The van der Waals surface area contributed by atoms with Gasteiger partial charge < -0.3 is 0 Å². The SMILES string of the molecule is Fc1cc(F)cc(-c2ccc(-c3ccc(-c4ccc(-c5cc(F)cc(F)c5)s4)c4nsnc34)s2)c1. The predicted molar refractivity (Wildman–Crippen MR) is 135 cm³/mol. The Hall–Kier alpha value is -3.40. The molecule has 0 bridgehead atoms. The third-order valence-electron chi connectivity index (χ3n) is 5.45. The smallest absolute Gasteiger partial charge is 0.126 e. The van der Waals surface area contributed by atoms with E-state index in [9.17, 15) is 17.6 Å². The summed E-state index contributed by atoms with van der Waals surface area (Å²) in [5.41, 5.74) is 4.13. The normalized spacial score (nSPS) is 11.4. The van der Waals surface area contributed by atoms with E-state index in [-0.39, 0.29) is 0 Å². The lowest BCUT2D eigenvalue weighted by Gasteiger charge is -2.04. The van der Waals surface area contributed by atoms with Crippen molar-refractivity contribution in [2.75, 3.05) is 0 Å². The van der Waals surface area contributed by atoms with E-state index >= 15 is 0 Å². The molecule has 2 nitrogen and oxygen atoms in total. The summed E-state index contributed by atoms with van der Waals surface area (Å²) in [7, 11) is 0. The predicted octanol–water partition coefficient (Wildman–Crippen LogP) is 9.04. The van der Waals surface area contributed by atoms with Crippen LogP contribution < -0.4 is 0 Å². The molecule has 35 heavy (non-hydrogen) atoms. The maximum absolute atomic E-state index is 13.7. The molecule has 0 saturated carbocycles. The first-order chi connectivity index (χ1) is 16.9. The van der Waals surface area contributed by atoms with Crippen molar-refractivity contribution in [3.8, 4) is 41.8 Å². The lowest BCUT2D eigenvalue weighted by atomic mass is 10.1. The maximum Gasteiger partial charge on any atom is 0.126 e. The van der Waals surface area contributed by atoms with E-state index in [0.29, 0.717) is 11.1 Å². The fraction of sp³-hybridized carbons (Fsp3) is 0. The first-order valence-electron chi connectivity index (χ1n) is 10.3. The fourth-order valence-electron chi connectivity index (χ4n) is 3.93. The van der Waals surface area contributed by atoms with Crippen LogP contribution in [-0.4, -0.2) is 8.75 Å². The minimum atomic E-state index is -0.623. The van der Waals surface area contributed by atoms with Gasteiger partial charge in [-0.3, -0.25) is 0 Å². The highest BCUT2D eigenvalue weighted by atomic mass is 32.1. The van der Waals surface area contributed by atoms with Crippen LogP contribution in [0.15, 0.2) is 72.8 Å². The second kappa shape index (κ2) is 8.67. The van der Waals surface area contributed by atoms with Gasteiger partial charge in [0.15, 0.2) is 0 Å². The summed E-state index contributed by atoms with van der Waals surface area (Å²) in [6.07, 6.45) is 0. The Morgan fingerprint density at radius 3 is 1.23 bits per heavy atom. The minimum Gasteiger partial charge on any atom is -0.207 e. The highest BCUT2D eigenvalue weighted by Crippen LogP contribution is 2.42. The third kappa shape index (κ3) is 4.16. The van der Waals surface area contributed by atoms with Crippen molar-refractivity contribution in [3.63, 3.8) is 0 Å². The summed E-state index contributed by atoms with van der Waals surface area (Å²) in [5, 5.41) is 0. The molecule has 0 amide bonds. The van der Waals surface area contributed by atoms with Gasteiger partial charge in [0, 0.05) is 42.8 Å². The molecule has 0 aliphatic carbocycles. The van der Waals surface area contributed by atoms with Gasteiger partial charge in [0.2, 0.25) is 0 Å². The highest BCUT2D eigenvalue weighted by Gasteiger charge is 2.17. The largest absolute Gasteiger partial charge is 0.207 e. The lowest BCUT2D eigenvalue weighted by molar-refractivity contribution is 0.583.